The van der Waals surface area contributed by atoms with Crippen molar-refractivity contribution in [3.8, 4) is 0 Å². The Hall–Kier alpha value is -2.29. The number of carbonyl (C=O) groups is 1. The predicted octanol–water partition coefficient (Wildman–Crippen LogP) is 2.47. The molecule has 3 heterocycles. The zero-order valence-electron chi connectivity index (χ0n) is 15.6. The Balaban J connectivity index is 1.48. The number of nitrogens with zero attached hydrogens (tertiary/aromatic N) is 2. The van der Waals surface area contributed by atoms with Gasteiger partial charge in [-0.1, -0.05) is 12.1 Å². The van der Waals surface area contributed by atoms with Gasteiger partial charge in [0.2, 0.25) is 0 Å². The average Bonchev–Trinajstić information content (AvgIpc) is 3.40. The van der Waals surface area contributed by atoms with Crippen molar-refractivity contribution in [3.63, 3.8) is 0 Å². The molecule has 28 heavy (non-hydrogen) atoms. The van der Waals surface area contributed by atoms with Crippen LogP contribution in [-0.2, 0) is 9.47 Å². The number of nitrogens with one attached hydrogen (secondary N) is 1. The summed E-state index contributed by atoms with van der Waals surface area (Å²) in [5.74, 6) is -0.128. The number of halogens is 1. The van der Waals surface area contributed by atoms with Crippen LogP contribution in [0.15, 0.2) is 35.1 Å². The van der Waals surface area contributed by atoms with E-state index in [1.807, 2.05) is 6.07 Å². The highest BCUT2D eigenvalue weighted by Crippen LogP contribution is 2.30. The molecule has 2 unspecified atom stereocenters. The van der Waals surface area contributed by atoms with Crippen LogP contribution in [0.25, 0.3) is 0 Å². The summed E-state index contributed by atoms with van der Waals surface area (Å²) in [6, 6.07) is 6.35. The highest BCUT2D eigenvalue weighted by atomic mass is 19.1. The third-order valence-corrected chi connectivity index (χ3v) is 5.21. The van der Waals surface area contributed by atoms with Gasteiger partial charge in [-0.15, -0.1) is 0 Å². The first-order valence-corrected chi connectivity index (χ1v) is 9.63. The fourth-order valence-corrected chi connectivity index (χ4v) is 3.77. The summed E-state index contributed by atoms with van der Waals surface area (Å²) in [5.41, 5.74) is 1.08. The molecule has 1 amide bonds. The van der Waals surface area contributed by atoms with Crippen LogP contribution in [0.4, 0.5) is 4.39 Å². The molecule has 150 valence electrons. The summed E-state index contributed by atoms with van der Waals surface area (Å²) in [6.45, 7) is 3.67. The maximum Gasteiger partial charge on any atom is 0.273 e. The number of benzene rings is 1. The minimum absolute atomic E-state index is 0.151. The van der Waals surface area contributed by atoms with Crippen molar-refractivity contribution >= 4 is 5.91 Å². The first-order chi connectivity index (χ1) is 13.7. The normalized spacial score (nSPS) is 21.5. The molecular formula is C20H24FN3O4. The summed E-state index contributed by atoms with van der Waals surface area (Å²) >= 11 is 0. The standard InChI is InChI=1S/C20H24FN3O4/c21-15-4-1-3-14(11-15)16(24-6-9-26-10-7-24)12-22-20(25)18-19(28-13-23-18)17-5-2-8-27-17/h1,3-4,11,13,16-17H,2,5-10,12H2,(H,22,25). The van der Waals surface area contributed by atoms with E-state index in [-0.39, 0.29) is 29.6 Å². The third-order valence-electron chi connectivity index (χ3n) is 5.21. The molecule has 1 aromatic heterocycles. The van der Waals surface area contributed by atoms with Crippen LogP contribution in [0.1, 0.15) is 46.8 Å². The highest BCUT2D eigenvalue weighted by Gasteiger charge is 2.29. The summed E-state index contributed by atoms with van der Waals surface area (Å²) in [5, 5.41) is 2.94. The second-order valence-electron chi connectivity index (χ2n) is 7.00. The highest BCUT2D eigenvalue weighted by molar-refractivity contribution is 5.93. The van der Waals surface area contributed by atoms with Gasteiger partial charge in [0.25, 0.3) is 5.91 Å². The van der Waals surface area contributed by atoms with Crippen molar-refractivity contribution in [2.75, 3.05) is 39.5 Å². The Kier molecular flexibility index (Phi) is 5.99. The van der Waals surface area contributed by atoms with Crippen LogP contribution < -0.4 is 5.32 Å². The van der Waals surface area contributed by atoms with E-state index in [9.17, 15) is 9.18 Å². The van der Waals surface area contributed by atoms with Crippen LogP contribution in [0.5, 0.6) is 0 Å². The zero-order valence-corrected chi connectivity index (χ0v) is 15.6. The molecule has 1 aromatic carbocycles. The third kappa shape index (κ3) is 4.24. The van der Waals surface area contributed by atoms with E-state index < -0.39 is 0 Å². The van der Waals surface area contributed by atoms with E-state index in [0.29, 0.717) is 32.1 Å². The van der Waals surface area contributed by atoms with Gasteiger partial charge in [0.15, 0.2) is 17.8 Å². The molecule has 2 aliphatic rings. The van der Waals surface area contributed by atoms with Gasteiger partial charge in [-0.05, 0) is 30.5 Å². The molecule has 0 saturated carbocycles. The van der Waals surface area contributed by atoms with Crippen molar-refractivity contribution in [3.05, 3.63) is 53.5 Å². The van der Waals surface area contributed by atoms with Crippen LogP contribution in [0, 0.1) is 5.82 Å². The average molecular weight is 389 g/mol. The topological polar surface area (TPSA) is 76.8 Å². The lowest BCUT2D eigenvalue weighted by Gasteiger charge is -2.34. The molecule has 0 spiro atoms. The van der Waals surface area contributed by atoms with Gasteiger partial charge in [-0.25, -0.2) is 9.37 Å². The second kappa shape index (κ2) is 8.81. The molecular weight excluding hydrogens is 365 g/mol. The van der Waals surface area contributed by atoms with Crippen LogP contribution in [-0.4, -0.2) is 55.2 Å². The monoisotopic (exact) mass is 389 g/mol. The summed E-state index contributed by atoms with van der Waals surface area (Å²) in [7, 11) is 0. The van der Waals surface area contributed by atoms with Crippen LogP contribution >= 0.6 is 0 Å². The molecule has 8 heteroatoms. The first kappa shape index (κ1) is 19.0. The number of ether oxygens (including phenoxy) is 2. The minimum atomic E-state index is -0.311. The van der Waals surface area contributed by atoms with Gasteiger partial charge in [0, 0.05) is 26.2 Å². The lowest BCUT2D eigenvalue weighted by atomic mass is 10.0. The van der Waals surface area contributed by atoms with Gasteiger partial charge in [0.05, 0.1) is 19.3 Å². The van der Waals surface area contributed by atoms with Gasteiger partial charge < -0.3 is 19.2 Å². The molecule has 2 aliphatic heterocycles. The Morgan fingerprint density at radius 3 is 2.93 bits per heavy atom. The van der Waals surface area contributed by atoms with Crippen LogP contribution in [0.2, 0.25) is 0 Å². The molecule has 0 bridgehead atoms. The molecule has 2 saturated heterocycles. The number of amides is 1. The number of oxazole rings is 1. The van der Waals surface area contributed by atoms with Crippen molar-refractivity contribution in [2.24, 2.45) is 0 Å². The molecule has 4 rings (SSSR count). The summed E-state index contributed by atoms with van der Waals surface area (Å²) < 4.78 is 30.2. The number of morpholine rings is 1. The molecule has 2 fully saturated rings. The number of rotatable bonds is 6. The maximum absolute atomic E-state index is 13.8. The Labute approximate surface area is 162 Å². The zero-order chi connectivity index (χ0) is 19.3. The van der Waals surface area contributed by atoms with E-state index in [4.69, 9.17) is 13.9 Å². The summed E-state index contributed by atoms with van der Waals surface area (Å²) in [6.07, 6.45) is 2.81. The smallest absolute Gasteiger partial charge is 0.273 e. The SMILES string of the molecule is O=C(NCC(c1cccc(F)c1)N1CCOCC1)c1ncoc1C1CCCO1. The van der Waals surface area contributed by atoms with Gasteiger partial charge >= 0.3 is 0 Å². The lowest BCUT2D eigenvalue weighted by Crippen LogP contribution is -2.44. The van der Waals surface area contributed by atoms with Gasteiger partial charge in [-0.3, -0.25) is 9.69 Å². The van der Waals surface area contributed by atoms with E-state index in [0.717, 1.165) is 31.5 Å². The number of hydrogen-bond acceptors (Lipinski definition) is 6. The largest absolute Gasteiger partial charge is 0.445 e. The fraction of sp³-hybridized carbons (Fsp3) is 0.500. The minimum Gasteiger partial charge on any atom is -0.445 e. The summed E-state index contributed by atoms with van der Waals surface area (Å²) in [4.78, 5) is 19.0. The van der Waals surface area contributed by atoms with Crippen molar-refractivity contribution in [1.29, 1.82) is 0 Å². The molecule has 7 nitrogen and oxygen atoms in total. The van der Waals surface area contributed by atoms with Crippen molar-refractivity contribution in [1.82, 2.24) is 15.2 Å². The number of carbonyl (C=O) groups excluding carboxylic acids is 1. The van der Waals surface area contributed by atoms with Crippen molar-refractivity contribution < 1.29 is 23.1 Å². The molecule has 0 radical (unpaired) electrons. The van der Waals surface area contributed by atoms with E-state index in [1.54, 1.807) is 6.07 Å². The first-order valence-electron chi connectivity index (χ1n) is 9.63. The molecule has 2 atom stereocenters. The Bertz CT molecular complexity index is 800. The molecule has 0 aliphatic carbocycles. The molecule has 2 aromatic rings. The van der Waals surface area contributed by atoms with Crippen LogP contribution in [0.3, 0.4) is 0 Å². The quantitative estimate of drug-likeness (QED) is 0.818. The lowest BCUT2D eigenvalue weighted by molar-refractivity contribution is 0.0161. The second-order valence-corrected chi connectivity index (χ2v) is 7.00. The van der Waals surface area contributed by atoms with Gasteiger partial charge in [0.1, 0.15) is 11.9 Å². The van der Waals surface area contributed by atoms with Gasteiger partial charge in [-0.2, -0.15) is 0 Å². The van der Waals surface area contributed by atoms with E-state index >= 15 is 0 Å². The van der Waals surface area contributed by atoms with E-state index in [1.165, 1.54) is 18.5 Å². The fourth-order valence-electron chi connectivity index (χ4n) is 3.77. The predicted molar refractivity (Wildman–Crippen MR) is 98.3 cm³/mol. The van der Waals surface area contributed by atoms with Crippen molar-refractivity contribution in [2.45, 2.75) is 25.0 Å². The maximum atomic E-state index is 13.8. The molecule has 1 N–H and O–H groups in total. The Morgan fingerprint density at radius 2 is 2.18 bits per heavy atom. The number of aromatic nitrogens is 1. The number of hydrogen-bond donors (Lipinski definition) is 1. The van der Waals surface area contributed by atoms with E-state index in [2.05, 4.69) is 15.2 Å². The Morgan fingerprint density at radius 1 is 1.32 bits per heavy atom.